The number of carbonyl (C=O) groups excluding carboxylic acids is 1. The number of aromatic nitrogens is 4. The summed E-state index contributed by atoms with van der Waals surface area (Å²) in [4.78, 5) is 23.6. The van der Waals surface area contributed by atoms with Crippen molar-refractivity contribution in [3.63, 3.8) is 0 Å². The lowest BCUT2D eigenvalue weighted by molar-refractivity contribution is 0.0745. The smallest absolute Gasteiger partial charge is 0.254 e. The van der Waals surface area contributed by atoms with Crippen molar-refractivity contribution in [1.82, 2.24) is 24.6 Å². The van der Waals surface area contributed by atoms with Gasteiger partial charge in [0, 0.05) is 23.7 Å². The molecule has 0 saturated heterocycles. The van der Waals surface area contributed by atoms with Gasteiger partial charge in [0.25, 0.3) is 5.91 Å². The van der Waals surface area contributed by atoms with E-state index < -0.39 is 0 Å². The van der Waals surface area contributed by atoms with Gasteiger partial charge in [-0.2, -0.15) is 5.10 Å². The maximum absolute atomic E-state index is 12.7. The molecule has 3 heterocycles. The molecule has 1 unspecified atom stereocenters. The number of thiophene rings is 1. The molecule has 1 atom stereocenters. The molecule has 1 amide bonds. The first-order chi connectivity index (χ1) is 10.7. The highest BCUT2D eigenvalue weighted by Gasteiger charge is 2.20. The molecule has 0 aliphatic rings. The van der Waals surface area contributed by atoms with Gasteiger partial charge in [0.2, 0.25) is 0 Å². The zero-order valence-electron chi connectivity index (χ0n) is 12.2. The Bertz CT molecular complexity index is 754. The normalized spacial score (nSPS) is 12.1. The molecule has 22 heavy (non-hydrogen) atoms. The van der Waals surface area contributed by atoms with Crippen LogP contribution in [0.2, 0.25) is 0 Å². The van der Waals surface area contributed by atoms with Gasteiger partial charge in [-0.3, -0.25) is 4.79 Å². The number of amides is 1. The average molecular weight is 313 g/mol. The second kappa shape index (κ2) is 6.07. The molecule has 0 fully saturated rings. The summed E-state index contributed by atoms with van der Waals surface area (Å²) in [6, 6.07) is 7.47. The van der Waals surface area contributed by atoms with E-state index in [2.05, 4.69) is 15.1 Å². The first-order valence-corrected chi connectivity index (χ1v) is 7.66. The molecule has 112 valence electrons. The van der Waals surface area contributed by atoms with Crippen molar-refractivity contribution in [3.05, 3.63) is 58.9 Å². The molecule has 6 nitrogen and oxygen atoms in total. The van der Waals surface area contributed by atoms with E-state index in [1.807, 2.05) is 31.5 Å². The van der Waals surface area contributed by atoms with Crippen LogP contribution in [0.15, 0.2) is 48.5 Å². The van der Waals surface area contributed by atoms with E-state index >= 15 is 0 Å². The largest absolute Gasteiger partial charge is 0.334 e. The number of nitrogens with zero attached hydrogens (tertiary/aromatic N) is 5. The maximum atomic E-state index is 12.7. The third-order valence-electron chi connectivity index (χ3n) is 3.50. The molecule has 3 aromatic heterocycles. The summed E-state index contributed by atoms with van der Waals surface area (Å²) >= 11 is 1.64. The summed E-state index contributed by atoms with van der Waals surface area (Å²) in [5, 5.41) is 6.04. The third-order valence-corrected chi connectivity index (χ3v) is 4.54. The molecule has 0 N–H and O–H groups in total. The average Bonchev–Trinajstić information content (AvgIpc) is 3.25. The molecular weight excluding hydrogens is 298 g/mol. The predicted molar refractivity (Wildman–Crippen MR) is 84.0 cm³/mol. The predicted octanol–water partition coefficient (Wildman–Crippen LogP) is 2.56. The van der Waals surface area contributed by atoms with Crippen molar-refractivity contribution >= 4 is 17.2 Å². The van der Waals surface area contributed by atoms with Gasteiger partial charge in [-0.25, -0.2) is 14.6 Å². The van der Waals surface area contributed by atoms with Gasteiger partial charge in [0.1, 0.15) is 12.7 Å². The minimum absolute atomic E-state index is 0.0236. The fourth-order valence-electron chi connectivity index (χ4n) is 2.10. The molecule has 0 spiro atoms. The zero-order chi connectivity index (χ0) is 15.5. The van der Waals surface area contributed by atoms with E-state index in [1.54, 1.807) is 40.9 Å². The number of carbonyl (C=O) groups is 1. The lowest BCUT2D eigenvalue weighted by Crippen LogP contribution is -2.29. The van der Waals surface area contributed by atoms with E-state index in [1.165, 1.54) is 11.0 Å². The lowest BCUT2D eigenvalue weighted by atomic mass is 10.2. The Labute approximate surface area is 132 Å². The van der Waals surface area contributed by atoms with Crippen molar-refractivity contribution in [3.8, 4) is 5.82 Å². The van der Waals surface area contributed by atoms with Crippen LogP contribution in [-0.2, 0) is 0 Å². The number of pyridine rings is 1. The van der Waals surface area contributed by atoms with E-state index in [0.717, 1.165) is 4.88 Å². The monoisotopic (exact) mass is 313 g/mol. The molecule has 0 aliphatic heterocycles. The molecule has 3 aromatic rings. The Balaban J connectivity index is 1.84. The second-order valence-electron chi connectivity index (χ2n) is 4.85. The number of rotatable bonds is 4. The van der Waals surface area contributed by atoms with Crippen LogP contribution in [0.4, 0.5) is 0 Å². The van der Waals surface area contributed by atoms with Gasteiger partial charge < -0.3 is 4.90 Å². The SMILES string of the molecule is CC(c1cccs1)N(C)C(=O)c1ccnc(-n2cncn2)c1. The maximum Gasteiger partial charge on any atom is 0.254 e. The molecule has 0 saturated carbocycles. The van der Waals surface area contributed by atoms with Gasteiger partial charge in [0.05, 0.1) is 6.04 Å². The quantitative estimate of drug-likeness (QED) is 0.742. The van der Waals surface area contributed by atoms with E-state index in [9.17, 15) is 4.79 Å². The Morgan fingerprint density at radius 1 is 1.41 bits per heavy atom. The minimum Gasteiger partial charge on any atom is -0.334 e. The molecular formula is C15H15N5OS. The van der Waals surface area contributed by atoms with Crippen molar-refractivity contribution in [2.75, 3.05) is 7.05 Å². The highest BCUT2D eigenvalue weighted by Crippen LogP contribution is 2.24. The summed E-state index contributed by atoms with van der Waals surface area (Å²) in [6.07, 6.45) is 4.59. The van der Waals surface area contributed by atoms with Gasteiger partial charge in [-0.15, -0.1) is 11.3 Å². The standard InChI is InChI=1S/C15H15N5OS/c1-11(13-4-3-7-22-13)19(2)15(21)12-5-6-17-14(8-12)20-10-16-9-18-20/h3-11H,1-2H3. The number of hydrogen-bond acceptors (Lipinski definition) is 5. The van der Waals surface area contributed by atoms with E-state index in [0.29, 0.717) is 11.4 Å². The Kier molecular flexibility index (Phi) is 3.97. The van der Waals surface area contributed by atoms with Crippen LogP contribution < -0.4 is 0 Å². The van der Waals surface area contributed by atoms with E-state index in [-0.39, 0.29) is 11.9 Å². The van der Waals surface area contributed by atoms with Crippen LogP contribution in [0.5, 0.6) is 0 Å². The summed E-state index contributed by atoms with van der Waals surface area (Å²) in [5.41, 5.74) is 0.575. The zero-order valence-corrected chi connectivity index (χ0v) is 13.1. The van der Waals surface area contributed by atoms with Crippen LogP contribution in [0.3, 0.4) is 0 Å². The van der Waals surface area contributed by atoms with Gasteiger partial charge >= 0.3 is 0 Å². The van der Waals surface area contributed by atoms with Gasteiger partial charge in [0.15, 0.2) is 5.82 Å². The molecule has 0 radical (unpaired) electrons. The van der Waals surface area contributed by atoms with Crippen LogP contribution in [0, 0.1) is 0 Å². The van der Waals surface area contributed by atoms with Crippen LogP contribution >= 0.6 is 11.3 Å². The summed E-state index contributed by atoms with van der Waals surface area (Å²) in [7, 11) is 1.81. The van der Waals surface area contributed by atoms with Gasteiger partial charge in [-0.05, 0) is 30.5 Å². The van der Waals surface area contributed by atoms with Gasteiger partial charge in [-0.1, -0.05) is 6.07 Å². The topological polar surface area (TPSA) is 63.9 Å². The molecule has 0 bridgehead atoms. The molecule has 3 rings (SSSR count). The van der Waals surface area contributed by atoms with Crippen molar-refractivity contribution < 1.29 is 4.79 Å². The van der Waals surface area contributed by atoms with Crippen LogP contribution in [-0.4, -0.2) is 37.6 Å². The van der Waals surface area contributed by atoms with Crippen LogP contribution in [0.25, 0.3) is 5.82 Å². The molecule has 7 heteroatoms. The molecule has 0 aliphatic carbocycles. The van der Waals surface area contributed by atoms with Crippen molar-refractivity contribution in [2.24, 2.45) is 0 Å². The second-order valence-corrected chi connectivity index (χ2v) is 5.83. The van der Waals surface area contributed by atoms with Crippen LogP contribution in [0.1, 0.15) is 28.2 Å². The Morgan fingerprint density at radius 2 is 2.27 bits per heavy atom. The molecule has 0 aromatic carbocycles. The fraction of sp³-hybridized carbons (Fsp3) is 0.200. The fourth-order valence-corrected chi connectivity index (χ4v) is 2.93. The third kappa shape index (κ3) is 2.75. The lowest BCUT2D eigenvalue weighted by Gasteiger charge is -2.24. The number of hydrogen-bond donors (Lipinski definition) is 0. The highest BCUT2D eigenvalue weighted by atomic mass is 32.1. The summed E-state index contributed by atoms with van der Waals surface area (Å²) in [6.45, 7) is 2.02. The first-order valence-electron chi connectivity index (χ1n) is 6.78. The van der Waals surface area contributed by atoms with Crippen molar-refractivity contribution in [1.29, 1.82) is 0 Å². The van der Waals surface area contributed by atoms with Crippen molar-refractivity contribution in [2.45, 2.75) is 13.0 Å². The summed E-state index contributed by atoms with van der Waals surface area (Å²) < 4.78 is 1.53. The minimum atomic E-state index is -0.0512. The Hall–Kier alpha value is -2.54. The summed E-state index contributed by atoms with van der Waals surface area (Å²) in [5.74, 6) is 0.519. The highest BCUT2D eigenvalue weighted by molar-refractivity contribution is 7.10. The first kappa shape index (κ1) is 14.4. The Morgan fingerprint density at radius 3 is 2.95 bits per heavy atom. The van der Waals surface area contributed by atoms with E-state index in [4.69, 9.17) is 0 Å².